The molecule has 0 saturated heterocycles. The van der Waals surface area contributed by atoms with Crippen LogP contribution in [-0.2, 0) is 9.53 Å². The average molecular weight is 379 g/mol. The fraction of sp³-hybridized carbons (Fsp3) is 0.263. The van der Waals surface area contributed by atoms with Crippen molar-refractivity contribution in [2.75, 3.05) is 20.8 Å². The topological polar surface area (TPSA) is 73.9 Å². The van der Waals surface area contributed by atoms with Gasteiger partial charge in [0.25, 0.3) is 5.91 Å². The van der Waals surface area contributed by atoms with Gasteiger partial charge in [-0.15, -0.1) is 0 Å². The summed E-state index contributed by atoms with van der Waals surface area (Å²) >= 11 is 0. The Balaban J connectivity index is 2.00. The molecular weight excluding hydrogens is 360 g/mol. The molecule has 1 N–H and O–H groups in total. The lowest BCUT2D eigenvalue weighted by molar-refractivity contribution is -0.124. The van der Waals surface area contributed by atoms with Crippen molar-refractivity contribution >= 4 is 11.9 Å². The van der Waals surface area contributed by atoms with Crippen molar-refractivity contribution < 1.29 is 32.6 Å². The Morgan fingerprint density at radius 2 is 1.74 bits per heavy atom. The van der Waals surface area contributed by atoms with Crippen molar-refractivity contribution in [2.24, 2.45) is 0 Å². The van der Waals surface area contributed by atoms with Gasteiger partial charge in [0.1, 0.15) is 28.7 Å². The highest BCUT2D eigenvalue weighted by Gasteiger charge is 2.21. The molecule has 0 bridgehead atoms. The molecule has 0 heterocycles. The molecule has 8 heteroatoms. The van der Waals surface area contributed by atoms with E-state index in [1.165, 1.54) is 14.2 Å². The van der Waals surface area contributed by atoms with Crippen LogP contribution < -0.4 is 14.8 Å². The van der Waals surface area contributed by atoms with Gasteiger partial charge in [-0.05, 0) is 37.3 Å². The monoisotopic (exact) mass is 379 g/mol. The summed E-state index contributed by atoms with van der Waals surface area (Å²) in [6, 6.07) is 7.58. The van der Waals surface area contributed by atoms with E-state index in [0.29, 0.717) is 17.1 Å². The largest absolute Gasteiger partial charge is 0.497 e. The summed E-state index contributed by atoms with van der Waals surface area (Å²) < 4.78 is 42.2. The smallest absolute Gasteiger partial charge is 0.344 e. The number of amides is 1. The first-order valence-corrected chi connectivity index (χ1v) is 7.99. The zero-order valence-corrected chi connectivity index (χ0v) is 15.0. The lowest BCUT2D eigenvalue weighted by Gasteiger charge is -2.18. The third kappa shape index (κ3) is 4.93. The Morgan fingerprint density at radius 3 is 2.33 bits per heavy atom. The van der Waals surface area contributed by atoms with Gasteiger partial charge >= 0.3 is 5.97 Å². The van der Waals surface area contributed by atoms with Crippen LogP contribution in [0.15, 0.2) is 36.4 Å². The van der Waals surface area contributed by atoms with Crippen LogP contribution in [0.25, 0.3) is 0 Å². The maximum Gasteiger partial charge on any atom is 0.344 e. The van der Waals surface area contributed by atoms with E-state index in [4.69, 9.17) is 14.2 Å². The van der Waals surface area contributed by atoms with Gasteiger partial charge < -0.3 is 19.5 Å². The molecule has 6 nitrogen and oxygen atoms in total. The van der Waals surface area contributed by atoms with Crippen LogP contribution in [0.5, 0.6) is 11.5 Å². The van der Waals surface area contributed by atoms with Crippen LogP contribution in [0, 0.1) is 11.6 Å². The Hall–Kier alpha value is -3.16. The number of hydrogen-bond donors (Lipinski definition) is 1. The number of carbonyl (C=O) groups excluding carboxylic acids is 2. The quantitative estimate of drug-likeness (QED) is 0.749. The molecule has 2 aromatic rings. The number of rotatable bonds is 7. The number of benzene rings is 2. The molecule has 1 atom stereocenters. The van der Waals surface area contributed by atoms with E-state index in [0.717, 1.165) is 18.2 Å². The fourth-order valence-electron chi connectivity index (χ4n) is 2.43. The first-order valence-electron chi connectivity index (χ1n) is 7.99. The highest BCUT2D eigenvalue weighted by atomic mass is 19.1. The Bertz CT molecular complexity index is 821. The van der Waals surface area contributed by atoms with Crippen molar-refractivity contribution in [3.63, 3.8) is 0 Å². The van der Waals surface area contributed by atoms with Gasteiger partial charge in [0.05, 0.1) is 20.3 Å². The van der Waals surface area contributed by atoms with Crippen molar-refractivity contribution in [3.05, 3.63) is 59.2 Å². The van der Waals surface area contributed by atoms with Gasteiger partial charge in [-0.25, -0.2) is 13.6 Å². The molecule has 2 aromatic carbocycles. The third-order valence-corrected chi connectivity index (χ3v) is 3.78. The molecule has 144 valence electrons. The van der Waals surface area contributed by atoms with E-state index < -0.39 is 41.7 Å². The summed E-state index contributed by atoms with van der Waals surface area (Å²) in [7, 11) is 3.00. The summed E-state index contributed by atoms with van der Waals surface area (Å²) in [5, 5.41) is 2.62. The first-order chi connectivity index (χ1) is 12.9. The minimum absolute atomic E-state index is 0.494. The standard InChI is InChI=1S/C19H19F2NO5/c1-11(13-9-12(25-2)7-8-16(13)26-3)22-17(23)10-27-19(24)18-14(20)5-4-6-15(18)21/h4-9,11H,10H2,1-3H3,(H,22,23)/t11-/m0/s1. The molecule has 0 saturated carbocycles. The lowest BCUT2D eigenvalue weighted by Crippen LogP contribution is -2.31. The highest BCUT2D eigenvalue weighted by Crippen LogP contribution is 2.29. The molecule has 1 amide bonds. The van der Waals surface area contributed by atoms with Gasteiger partial charge in [0, 0.05) is 5.56 Å². The zero-order valence-electron chi connectivity index (χ0n) is 15.0. The zero-order chi connectivity index (χ0) is 20.0. The molecule has 0 aromatic heterocycles. The molecule has 0 spiro atoms. The minimum Gasteiger partial charge on any atom is -0.497 e. The molecule has 0 fully saturated rings. The van der Waals surface area contributed by atoms with Gasteiger partial charge in [0.15, 0.2) is 6.61 Å². The van der Waals surface area contributed by atoms with E-state index in [1.54, 1.807) is 25.1 Å². The van der Waals surface area contributed by atoms with Crippen LogP contribution in [0.2, 0.25) is 0 Å². The maximum atomic E-state index is 13.5. The van der Waals surface area contributed by atoms with Crippen LogP contribution in [0.3, 0.4) is 0 Å². The van der Waals surface area contributed by atoms with E-state index >= 15 is 0 Å². The number of nitrogens with one attached hydrogen (secondary N) is 1. The molecule has 27 heavy (non-hydrogen) atoms. The predicted molar refractivity (Wildman–Crippen MR) is 92.7 cm³/mol. The van der Waals surface area contributed by atoms with E-state index in [9.17, 15) is 18.4 Å². The van der Waals surface area contributed by atoms with Crippen molar-refractivity contribution in [1.82, 2.24) is 5.32 Å². The van der Waals surface area contributed by atoms with Crippen molar-refractivity contribution in [3.8, 4) is 11.5 Å². The van der Waals surface area contributed by atoms with Crippen LogP contribution in [0.4, 0.5) is 8.78 Å². The first kappa shape index (κ1) is 20.2. The number of ether oxygens (including phenoxy) is 3. The van der Waals surface area contributed by atoms with Crippen LogP contribution in [0.1, 0.15) is 28.9 Å². The second kappa shape index (κ2) is 8.98. The van der Waals surface area contributed by atoms with E-state index in [-0.39, 0.29) is 0 Å². The summed E-state index contributed by atoms with van der Waals surface area (Å²) in [5.74, 6) is -2.91. The number of halogens is 2. The number of esters is 1. The minimum atomic E-state index is -1.26. The second-order valence-corrected chi connectivity index (χ2v) is 5.57. The molecule has 0 aliphatic carbocycles. The van der Waals surface area contributed by atoms with Gasteiger partial charge in [0.2, 0.25) is 0 Å². The lowest BCUT2D eigenvalue weighted by atomic mass is 10.1. The Morgan fingerprint density at radius 1 is 1.07 bits per heavy atom. The molecule has 0 unspecified atom stereocenters. The average Bonchev–Trinajstić information content (AvgIpc) is 2.65. The Kier molecular flexibility index (Phi) is 6.70. The fourth-order valence-corrected chi connectivity index (χ4v) is 2.43. The molecular formula is C19H19F2NO5. The molecule has 0 radical (unpaired) electrons. The summed E-state index contributed by atoms with van der Waals surface area (Å²) in [6.07, 6.45) is 0. The van der Waals surface area contributed by atoms with E-state index in [2.05, 4.69) is 5.32 Å². The summed E-state index contributed by atoms with van der Waals surface area (Å²) in [4.78, 5) is 23.9. The molecule has 0 aliphatic heterocycles. The summed E-state index contributed by atoms with van der Waals surface area (Å²) in [5.41, 5.74) is -0.190. The predicted octanol–water partition coefficient (Wildman–Crippen LogP) is 3.02. The van der Waals surface area contributed by atoms with Crippen molar-refractivity contribution in [2.45, 2.75) is 13.0 Å². The third-order valence-electron chi connectivity index (χ3n) is 3.78. The van der Waals surface area contributed by atoms with Crippen LogP contribution in [-0.4, -0.2) is 32.7 Å². The van der Waals surface area contributed by atoms with E-state index in [1.807, 2.05) is 0 Å². The van der Waals surface area contributed by atoms with Crippen molar-refractivity contribution in [1.29, 1.82) is 0 Å². The number of methoxy groups -OCH3 is 2. The number of hydrogen-bond acceptors (Lipinski definition) is 5. The van der Waals surface area contributed by atoms with Crippen LogP contribution >= 0.6 is 0 Å². The molecule has 0 aliphatic rings. The highest BCUT2D eigenvalue weighted by molar-refractivity contribution is 5.91. The van der Waals surface area contributed by atoms with Gasteiger partial charge in [-0.2, -0.15) is 0 Å². The summed E-state index contributed by atoms with van der Waals surface area (Å²) in [6.45, 7) is 1.01. The molecule has 2 rings (SSSR count). The Labute approximate surface area is 155 Å². The normalized spacial score (nSPS) is 11.4. The van der Waals surface area contributed by atoms with Gasteiger partial charge in [-0.1, -0.05) is 6.07 Å². The maximum absolute atomic E-state index is 13.5. The number of carbonyl (C=O) groups is 2. The second-order valence-electron chi connectivity index (χ2n) is 5.57. The van der Waals surface area contributed by atoms with Gasteiger partial charge in [-0.3, -0.25) is 4.79 Å². The SMILES string of the molecule is COc1ccc(OC)c([C@H](C)NC(=O)COC(=O)c2c(F)cccc2F)c1.